The molecule has 0 saturated carbocycles. The molecule has 0 aromatic heterocycles. The minimum atomic E-state index is -0.186. The average molecular weight is 367 g/mol. The topological polar surface area (TPSA) is 56.8 Å². The molecule has 0 atom stereocenters. The Balaban J connectivity index is 1.81. The number of hydrogen-bond acceptors (Lipinski definition) is 4. The van der Waals surface area contributed by atoms with Crippen molar-refractivity contribution in [2.24, 2.45) is 0 Å². The van der Waals surface area contributed by atoms with E-state index in [0.29, 0.717) is 31.3 Å². The van der Waals surface area contributed by atoms with Crippen LogP contribution in [-0.4, -0.2) is 32.8 Å². The summed E-state index contributed by atoms with van der Waals surface area (Å²) >= 11 is 0. The first-order valence-electron chi connectivity index (χ1n) is 8.70. The van der Waals surface area contributed by atoms with Crippen LogP contribution in [0.15, 0.2) is 61.2 Å². The SMILES string of the molecule is C=CCOc1ccc(/C=C/C(=O)NCCOc2ccccc2C)cc1OC. The van der Waals surface area contributed by atoms with Crippen molar-refractivity contribution in [3.05, 3.63) is 72.3 Å². The van der Waals surface area contributed by atoms with Gasteiger partial charge in [-0.2, -0.15) is 0 Å². The maximum atomic E-state index is 11.9. The van der Waals surface area contributed by atoms with Gasteiger partial charge in [0.15, 0.2) is 11.5 Å². The molecule has 0 saturated heterocycles. The van der Waals surface area contributed by atoms with Crippen molar-refractivity contribution in [1.82, 2.24) is 5.32 Å². The number of aryl methyl sites for hydroxylation is 1. The highest BCUT2D eigenvalue weighted by Crippen LogP contribution is 2.28. The average Bonchev–Trinajstić information content (AvgIpc) is 2.69. The zero-order valence-electron chi connectivity index (χ0n) is 15.7. The molecule has 0 fully saturated rings. The van der Waals surface area contributed by atoms with Crippen LogP contribution in [0.5, 0.6) is 17.2 Å². The molecule has 0 aliphatic rings. The standard InChI is InChI=1S/C22H25NO4/c1-4-14-26-20-11-9-18(16-21(20)25-3)10-12-22(24)23-13-15-27-19-8-6-5-7-17(19)2/h4-12,16H,1,13-15H2,2-3H3,(H,23,24)/b12-10+. The van der Waals surface area contributed by atoms with Gasteiger partial charge in [0.05, 0.1) is 13.7 Å². The summed E-state index contributed by atoms with van der Waals surface area (Å²) in [6, 6.07) is 13.2. The molecule has 0 aliphatic carbocycles. The number of benzene rings is 2. The van der Waals surface area contributed by atoms with Crippen LogP contribution in [-0.2, 0) is 4.79 Å². The normalized spacial score (nSPS) is 10.4. The minimum absolute atomic E-state index is 0.186. The molecule has 0 aliphatic heterocycles. The van der Waals surface area contributed by atoms with Crippen LogP contribution >= 0.6 is 0 Å². The smallest absolute Gasteiger partial charge is 0.244 e. The molecule has 5 heteroatoms. The van der Waals surface area contributed by atoms with E-state index in [9.17, 15) is 4.79 Å². The van der Waals surface area contributed by atoms with E-state index >= 15 is 0 Å². The summed E-state index contributed by atoms with van der Waals surface area (Å²) in [6.07, 6.45) is 4.87. The Labute approximate surface area is 160 Å². The number of carbonyl (C=O) groups excluding carboxylic acids is 1. The van der Waals surface area contributed by atoms with Crippen molar-refractivity contribution >= 4 is 12.0 Å². The number of carbonyl (C=O) groups is 1. The third kappa shape index (κ3) is 6.55. The molecular formula is C22H25NO4. The molecule has 5 nitrogen and oxygen atoms in total. The van der Waals surface area contributed by atoms with Crippen molar-refractivity contribution in [3.8, 4) is 17.2 Å². The second kappa shape index (κ2) is 10.7. The Morgan fingerprint density at radius 2 is 1.93 bits per heavy atom. The Hall–Kier alpha value is -3.21. The van der Waals surface area contributed by atoms with Crippen LogP contribution in [0.25, 0.3) is 6.08 Å². The van der Waals surface area contributed by atoms with Crippen molar-refractivity contribution < 1.29 is 19.0 Å². The summed E-state index contributed by atoms with van der Waals surface area (Å²) in [5.74, 6) is 1.88. The van der Waals surface area contributed by atoms with E-state index in [1.54, 1.807) is 25.3 Å². The number of rotatable bonds is 10. The van der Waals surface area contributed by atoms with Crippen LogP contribution in [0, 0.1) is 6.92 Å². The molecule has 0 bridgehead atoms. The Morgan fingerprint density at radius 1 is 1.11 bits per heavy atom. The molecule has 0 unspecified atom stereocenters. The monoisotopic (exact) mass is 367 g/mol. The van der Waals surface area contributed by atoms with E-state index in [0.717, 1.165) is 16.9 Å². The molecule has 2 aromatic carbocycles. The second-order valence-electron chi connectivity index (χ2n) is 5.75. The van der Waals surface area contributed by atoms with E-state index in [2.05, 4.69) is 11.9 Å². The van der Waals surface area contributed by atoms with Crippen molar-refractivity contribution in [2.45, 2.75) is 6.92 Å². The lowest BCUT2D eigenvalue weighted by atomic mass is 10.2. The quantitative estimate of drug-likeness (QED) is 0.394. The lowest BCUT2D eigenvalue weighted by Gasteiger charge is -2.10. The van der Waals surface area contributed by atoms with Crippen LogP contribution < -0.4 is 19.5 Å². The van der Waals surface area contributed by atoms with Gasteiger partial charge in [-0.25, -0.2) is 0 Å². The van der Waals surface area contributed by atoms with Gasteiger partial charge >= 0.3 is 0 Å². The Morgan fingerprint density at radius 3 is 2.67 bits per heavy atom. The van der Waals surface area contributed by atoms with Crippen LogP contribution in [0.3, 0.4) is 0 Å². The molecule has 27 heavy (non-hydrogen) atoms. The summed E-state index contributed by atoms with van der Waals surface area (Å²) in [5.41, 5.74) is 1.90. The third-order valence-electron chi connectivity index (χ3n) is 3.72. The van der Waals surface area contributed by atoms with Gasteiger partial charge in [-0.3, -0.25) is 4.79 Å². The van der Waals surface area contributed by atoms with Crippen molar-refractivity contribution in [1.29, 1.82) is 0 Å². The fourth-order valence-corrected chi connectivity index (χ4v) is 2.34. The van der Waals surface area contributed by atoms with Gasteiger partial charge in [0, 0.05) is 6.08 Å². The van der Waals surface area contributed by atoms with E-state index in [4.69, 9.17) is 14.2 Å². The van der Waals surface area contributed by atoms with Gasteiger partial charge in [-0.05, 0) is 42.3 Å². The van der Waals surface area contributed by atoms with E-state index in [-0.39, 0.29) is 5.91 Å². The molecule has 1 amide bonds. The van der Waals surface area contributed by atoms with Gasteiger partial charge < -0.3 is 19.5 Å². The largest absolute Gasteiger partial charge is 0.493 e. The lowest BCUT2D eigenvalue weighted by molar-refractivity contribution is -0.116. The summed E-state index contributed by atoms with van der Waals surface area (Å²) in [7, 11) is 1.57. The maximum Gasteiger partial charge on any atom is 0.244 e. The number of methoxy groups -OCH3 is 1. The second-order valence-corrected chi connectivity index (χ2v) is 5.75. The fraction of sp³-hybridized carbons (Fsp3) is 0.227. The molecule has 0 spiro atoms. The predicted octanol–water partition coefficient (Wildman–Crippen LogP) is 3.78. The zero-order valence-corrected chi connectivity index (χ0v) is 15.7. The molecular weight excluding hydrogens is 342 g/mol. The first-order valence-corrected chi connectivity index (χ1v) is 8.70. The Bertz CT molecular complexity index is 799. The van der Waals surface area contributed by atoms with Gasteiger partial charge in [-0.15, -0.1) is 0 Å². The summed E-state index contributed by atoms with van der Waals surface area (Å²) in [5, 5.41) is 2.79. The molecule has 2 rings (SSSR count). The van der Waals surface area contributed by atoms with Gasteiger partial charge in [-0.1, -0.05) is 36.9 Å². The number of amides is 1. The van der Waals surface area contributed by atoms with Gasteiger partial charge in [0.1, 0.15) is 19.0 Å². The van der Waals surface area contributed by atoms with Gasteiger partial charge in [0.25, 0.3) is 0 Å². The van der Waals surface area contributed by atoms with Crippen molar-refractivity contribution in [3.63, 3.8) is 0 Å². The highest BCUT2D eigenvalue weighted by Gasteiger charge is 2.04. The molecule has 142 valence electrons. The zero-order chi connectivity index (χ0) is 19.5. The van der Waals surface area contributed by atoms with Gasteiger partial charge in [0.2, 0.25) is 5.91 Å². The van der Waals surface area contributed by atoms with Crippen LogP contribution in [0.4, 0.5) is 0 Å². The molecule has 0 radical (unpaired) electrons. The number of ether oxygens (including phenoxy) is 3. The highest BCUT2D eigenvalue weighted by atomic mass is 16.5. The first-order chi connectivity index (χ1) is 13.1. The molecule has 1 N–H and O–H groups in total. The van der Waals surface area contributed by atoms with Crippen molar-refractivity contribution in [2.75, 3.05) is 26.9 Å². The predicted molar refractivity (Wildman–Crippen MR) is 107 cm³/mol. The number of hydrogen-bond donors (Lipinski definition) is 1. The summed E-state index contributed by atoms with van der Waals surface area (Å²) in [6.45, 7) is 6.84. The number of nitrogens with one attached hydrogen (secondary N) is 1. The molecule has 0 heterocycles. The van der Waals surface area contributed by atoms with Crippen LogP contribution in [0.2, 0.25) is 0 Å². The highest BCUT2D eigenvalue weighted by molar-refractivity contribution is 5.91. The van der Waals surface area contributed by atoms with E-state index in [1.807, 2.05) is 43.3 Å². The third-order valence-corrected chi connectivity index (χ3v) is 3.72. The summed E-state index contributed by atoms with van der Waals surface area (Å²) in [4.78, 5) is 11.9. The lowest BCUT2D eigenvalue weighted by Crippen LogP contribution is -2.26. The molecule has 2 aromatic rings. The minimum Gasteiger partial charge on any atom is -0.493 e. The Kier molecular flexibility index (Phi) is 7.97. The maximum absolute atomic E-state index is 11.9. The van der Waals surface area contributed by atoms with E-state index < -0.39 is 0 Å². The fourth-order valence-electron chi connectivity index (χ4n) is 2.34. The summed E-state index contributed by atoms with van der Waals surface area (Å²) < 4.78 is 16.5. The van der Waals surface area contributed by atoms with Crippen LogP contribution in [0.1, 0.15) is 11.1 Å². The number of para-hydroxylation sites is 1. The first kappa shape index (κ1) is 20.1. The van der Waals surface area contributed by atoms with E-state index in [1.165, 1.54) is 6.08 Å².